The molecular weight excluding hydrogens is 394 g/mol. The van der Waals surface area contributed by atoms with Gasteiger partial charge >= 0.3 is 0 Å². The van der Waals surface area contributed by atoms with Gasteiger partial charge in [0.15, 0.2) is 0 Å². The van der Waals surface area contributed by atoms with Crippen LogP contribution in [0.3, 0.4) is 0 Å². The minimum Gasteiger partial charge on any atom is -0.377 e. The Hall–Kier alpha value is -2.85. The molecule has 2 aromatic rings. The topological polar surface area (TPSA) is 105 Å². The van der Waals surface area contributed by atoms with E-state index in [0.717, 1.165) is 12.8 Å². The van der Waals surface area contributed by atoms with Crippen molar-refractivity contribution >= 4 is 39.9 Å². The Balaban J connectivity index is 1.59. The van der Waals surface area contributed by atoms with Crippen LogP contribution in [0, 0.1) is 0 Å². The maximum Gasteiger partial charge on any atom is 0.256 e. The number of hydrogen-bond donors (Lipinski definition) is 1. The molecule has 0 aliphatic carbocycles. The van der Waals surface area contributed by atoms with Gasteiger partial charge in [0, 0.05) is 13.7 Å². The van der Waals surface area contributed by atoms with Crippen LogP contribution in [0.15, 0.2) is 24.3 Å². The molecule has 9 nitrogen and oxygen atoms in total. The molecule has 2 aliphatic rings. The van der Waals surface area contributed by atoms with Gasteiger partial charge in [-0.3, -0.25) is 19.7 Å². The number of amides is 3. The van der Waals surface area contributed by atoms with Crippen molar-refractivity contribution in [3.8, 4) is 0 Å². The van der Waals surface area contributed by atoms with Gasteiger partial charge in [-0.15, -0.1) is 10.2 Å². The minimum atomic E-state index is -0.536. The number of anilines is 2. The Kier molecular flexibility index (Phi) is 5.54. The van der Waals surface area contributed by atoms with Crippen LogP contribution >= 0.6 is 11.3 Å². The summed E-state index contributed by atoms with van der Waals surface area (Å²) in [7, 11) is 1.55. The van der Waals surface area contributed by atoms with Crippen LogP contribution in [0.25, 0.3) is 0 Å². The molecule has 152 valence electrons. The third-order valence-corrected chi connectivity index (χ3v) is 5.83. The Morgan fingerprint density at radius 2 is 2.10 bits per heavy atom. The number of piperidine rings is 1. The van der Waals surface area contributed by atoms with E-state index in [4.69, 9.17) is 4.74 Å². The number of aromatic nitrogens is 2. The monoisotopic (exact) mass is 415 g/mol. The van der Waals surface area contributed by atoms with Crippen LogP contribution in [0.5, 0.6) is 0 Å². The van der Waals surface area contributed by atoms with Crippen LogP contribution < -0.4 is 10.2 Å². The van der Waals surface area contributed by atoms with Crippen molar-refractivity contribution in [1.29, 1.82) is 0 Å². The number of rotatable bonds is 5. The molecular formula is C19H21N5O4S. The van der Waals surface area contributed by atoms with Gasteiger partial charge < -0.3 is 14.5 Å². The van der Waals surface area contributed by atoms with Crippen LogP contribution in [0.4, 0.5) is 10.8 Å². The second kappa shape index (κ2) is 8.26. The largest absolute Gasteiger partial charge is 0.377 e. The number of nitrogens with zero attached hydrogens (tertiary/aromatic N) is 4. The molecule has 2 aliphatic heterocycles. The van der Waals surface area contributed by atoms with Gasteiger partial charge in [-0.1, -0.05) is 23.5 Å². The molecule has 0 radical (unpaired) electrons. The van der Waals surface area contributed by atoms with Crippen molar-refractivity contribution in [3.05, 3.63) is 34.8 Å². The standard InChI is InChI=1S/C19H21N5O4S/c1-28-11-16-21-22-19(29-16)20-15(25)10-24-13-7-3-2-6-12(13)17(26)23-9-5-4-8-14(23)18(24)27/h2-3,6-7,14H,4-5,8-11H2,1H3,(H,20,22,25)/t14-/m0/s1. The zero-order valence-electron chi connectivity index (χ0n) is 16.0. The number of para-hydroxylation sites is 1. The smallest absolute Gasteiger partial charge is 0.256 e. The molecule has 0 spiro atoms. The quantitative estimate of drug-likeness (QED) is 0.796. The fourth-order valence-corrected chi connectivity index (χ4v) is 4.45. The Labute approximate surface area is 171 Å². The summed E-state index contributed by atoms with van der Waals surface area (Å²) in [6.07, 6.45) is 2.36. The molecule has 1 N–H and O–H groups in total. The molecule has 0 saturated carbocycles. The number of nitrogens with one attached hydrogen (secondary N) is 1. The minimum absolute atomic E-state index is 0.158. The Bertz CT molecular complexity index is 946. The zero-order valence-corrected chi connectivity index (χ0v) is 16.8. The fraction of sp³-hybridized carbons (Fsp3) is 0.421. The summed E-state index contributed by atoms with van der Waals surface area (Å²) < 4.78 is 5.00. The van der Waals surface area contributed by atoms with E-state index in [1.54, 1.807) is 36.3 Å². The summed E-state index contributed by atoms with van der Waals surface area (Å²) in [5, 5.41) is 11.5. The van der Waals surface area contributed by atoms with E-state index >= 15 is 0 Å². The van der Waals surface area contributed by atoms with Gasteiger partial charge in [-0.2, -0.15) is 0 Å². The molecule has 0 unspecified atom stereocenters. The van der Waals surface area contributed by atoms with Crippen molar-refractivity contribution < 1.29 is 19.1 Å². The van der Waals surface area contributed by atoms with Crippen LogP contribution in [-0.2, 0) is 20.9 Å². The molecule has 4 rings (SSSR count). The molecule has 3 heterocycles. The Morgan fingerprint density at radius 3 is 2.93 bits per heavy atom. The van der Waals surface area contributed by atoms with E-state index < -0.39 is 11.9 Å². The van der Waals surface area contributed by atoms with E-state index in [9.17, 15) is 14.4 Å². The lowest BCUT2D eigenvalue weighted by Gasteiger charge is -2.34. The lowest BCUT2D eigenvalue weighted by Crippen LogP contribution is -2.52. The number of fused-ring (bicyclic) bond motifs is 2. The Morgan fingerprint density at radius 1 is 1.28 bits per heavy atom. The summed E-state index contributed by atoms with van der Waals surface area (Å²) in [6, 6.07) is 6.40. The molecule has 1 aromatic carbocycles. The highest BCUT2D eigenvalue weighted by atomic mass is 32.1. The van der Waals surface area contributed by atoms with Gasteiger partial charge in [0.2, 0.25) is 16.9 Å². The average Bonchev–Trinajstić information content (AvgIpc) is 3.15. The van der Waals surface area contributed by atoms with Gasteiger partial charge in [0.05, 0.1) is 11.3 Å². The maximum atomic E-state index is 13.3. The van der Waals surface area contributed by atoms with Crippen molar-refractivity contribution in [1.82, 2.24) is 15.1 Å². The number of ether oxygens (including phenoxy) is 1. The number of carbonyl (C=O) groups excluding carboxylic acids is 3. The SMILES string of the molecule is COCc1nnc(NC(=O)CN2C(=O)[C@@H]3CCCCN3C(=O)c3ccccc32)s1. The number of benzene rings is 1. The summed E-state index contributed by atoms with van der Waals surface area (Å²) in [5.74, 6) is -0.782. The molecule has 1 fully saturated rings. The summed E-state index contributed by atoms with van der Waals surface area (Å²) in [5.41, 5.74) is 0.903. The summed E-state index contributed by atoms with van der Waals surface area (Å²) >= 11 is 1.21. The van der Waals surface area contributed by atoms with E-state index in [1.807, 2.05) is 0 Å². The zero-order chi connectivity index (χ0) is 20.4. The highest BCUT2D eigenvalue weighted by Gasteiger charge is 2.41. The molecule has 3 amide bonds. The maximum absolute atomic E-state index is 13.3. The van der Waals surface area contributed by atoms with Crippen molar-refractivity contribution in [2.45, 2.75) is 31.9 Å². The predicted octanol–water partition coefficient (Wildman–Crippen LogP) is 1.66. The first-order valence-electron chi connectivity index (χ1n) is 9.41. The predicted molar refractivity (Wildman–Crippen MR) is 107 cm³/mol. The highest BCUT2D eigenvalue weighted by molar-refractivity contribution is 7.15. The summed E-state index contributed by atoms with van der Waals surface area (Å²) in [4.78, 5) is 42.0. The number of hydrogen-bond acceptors (Lipinski definition) is 7. The second-order valence-corrected chi connectivity index (χ2v) is 8.00. The molecule has 1 aromatic heterocycles. The summed E-state index contributed by atoms with van der Waals surface area (Å²) in [6.45, 7) is 0.661. The van der Waals surface area contributed by atoms with Gasteiger partial charge in [0.25, 0.3) is 5.91 Å². The molecule has 1 atom stereocenters. The van der Waals surface area contributed by atoms with E-state index in [2.05, 4.69) is 15.5 Å². The molecule has 0 bridgehead atoms. The van der Waals surface area contributed by atoms with E-state index in [1.165, 1.54) is 16.2 Å². The van der Waals surface area contributed by atoms with E-state index in [-0.39, 0.29) is 18.4 Å². The molecule has 10 heteroatoms. The molecule has 29 heavy (non-hydrogen) atoms. The normalized spacial score (nSPS) is 18.9. The third-order valence-electron chi connectivity index (χ3n) is 5.02. The first kappa shape index (κ1) is 19.5. The van der Waals surface area contributed by atoms with Gasteiger partial charge in [0.1, 0.15) is 24.2 Å². The number of methoxy groups -OCH3 is 1. The lowest BCUT2D eigenvalue weighted by atomic mass is 10.0. The van der Waals surface area contributed by atoms with Crippen molar-refractivity contribution in [2.24, 2.45) is 0 Å². The second-order valence-electron chi connectivity index (χ2n) is 6.93. The van der Waals surface area contributed by atoms with Crippen LogP contribution in [0.1, 0.15) is 34.6 Å². The van der Waals surface area contributed by atoms with Crippen LogP contribution in [0.2, 0.25) is 0 Å². The lowest BCUT2D eigenvalue weighted by molar-refractivity contribution is -0.125. The van der Waals surface area contributed by atoms with Gasteiger partial charge in [-0.25, -0.2) is 0 Å². The first-order chi connectivity index (χ1) is 14.1. The van der Waals surface area contributed by atoms with Crippen molar-refractivity contribution in [3.63, 3.8) is 0 Å². The average molecular weight is 415 g/mol. The third kappa shape index (κ3) is 3.85. The highest BCUT2D eigenvalue weighted by Crippen LogP contribution is 2.31. The first-order valence-corrected chi connectivity index (χ1v) is 10.2. The fourth-order valence-electron chi connectivity index (χ4n) is 3.73. The number of carbonyl (C=O) groups is 3. The van der Waals surface area contributed by atoms with E-state index in [0.29, 0.717) is 41.0 Å². The van der Waals surface area contributed by atoms with Crippen molar-refractivity contribution in [2.75, 3.05) is 30.4 Å². The molecule has 1 saturated heterocycles. The van der Waals surface area contributed by atoms with Crippen LogP contribution in [-0.4, -0.2) is 59.1 Å². The van der Waals surface area contributed by atoms with Gasteiger partial charge in [-0.05, 0) is 31.4 Å².